The minimum atomic E-state index is 0.0570. The molecule has 0 heterocycles. The van der Waals surface area contributed by atoms with Gasteiger partial charge in [-0.2, -0.15) is 0 Å². The highest BCUT2D eigenvalue weighted by atomic mass is 15.1. The van der Waals surface area contributed by atoms with Gasteiger partial charge in [-0.25, -0.2) is 0 Å². The Balaban J connectivity index is 0.961. The Morgan fingerprint density at radius 2 is 1.14 bits per heavy atom. The first-order chi connectivity index (χ1) is 28.7. The monoisotopic (exact) mass is 763 g/mol. The lowest BCUT2D eigenvalue weighted by Gasteiger charge is -2.76. The summed E-state index contributed by atoms with van der Waals surface area (Å²) < 4.78 is 0. The third kappa shape index (κ3) is 4.42. The fourth-order valence-electron chi connectivity index (χ4n) is 14.8. The van der Waals surface area contributed by atoms with Gasteiger partial charge in [0.2, 0.25) is 0 Å². The average Bonchev–Trinajstić information content (AvgIpc) is 3.89. The predicted octanol–water partition coefficient (Wildman–Crippen LogP) is 15.3. The summed E-state index contributed by atoms with van der Waals surface area (Å²) in [7, 11) is 0. The van der Waals surface area contributed by atoms with Gasteiger partial charge in [0, 0.05) is 16.8 Å². The van der Waals surface area contributed by atoms with Crippen molar-refractivity contribution in [3.05, 3.63) is 174 Å². The van der Waals surface area contributed by atoms with E-state index in [1.807, 2.05) is 0 Å². The topological polar surface area (TPSA) is 3.24 Å². The van der Waals surface area contributed by atoms with Crippen LogP contribution in [0.5, 0.6) is 0 Å². The van der Waals surface area contributed by atoms with Crippen LogP contribution in [0.4, 0.5) is 17.1 Å². The Labute approximate surface area is 350 Å². The van der Waals surface area contributed by atoms with Crippen molar-refractivity contribution in [2.24, 2.45) is 29.1 Å². The Kier molecular flexibility index (Phi) is 6.81. The summed E-state index contributed by atoms with van der Waals surface area (Å²) in [5, 5.41) is 2.56. The van der Waals surface area contributed by atoms with E-state index >= 15 is 0 Å². The summed E-state index contributed by atoms with van der Waals surface area (Å²) in [6.07, 6.45) is 8.23. The van der Waals surface area contributed by atoms with Crippen molar-refractivity contribution in [1.29, 1.82) is 0 Å². The summed E-state index contributed by atoms with van der Waals surface area (Å²) in [5.74, 6) is 3.50. The molecule has 6 aliphatic carbocycles. The molecule has 290 valence electrons. The fourth-order valence-corrected chi connectivity index (χ4v) is 14.8. The summed E-state index contributed by atoms with van der Waals surface area (Å²) >= 11 is 0. The van der Waals surface area contributed by atoms with Gasteiger partial charge < -0.3 is 4.90 Å². The van der Waals surface area contributed by atoms with Crippen LogP contribution < -0.4 is 4.90 Å². The van der Waals surface area contributed by atoms with Crippen molar-refractivity contribution in [3.63, 3.8) is 0 Å². The van der Waals surface area contributed by atoms with Gasteiger partial charge in [0.25, 0.3) is 0 Å². The van der Waals surface area contributed by atoms with E-state index in [4.69, 9.17) is 0 Å². The lowest BCUT2D eigenvalue weighted by molar-refractivity contribution is -0.231. The number of hydrogen-bond acceptors (Lipinski definition) is 1. The molecule has 4 fully saturated rings. The second-order valence-corrected chi connectivity index (χ2v) is 20.8. The quantitative estimate of drug-likeness (QED) is 0.169. The van der Waals surface area contributed by atoms with E-state index in [2.05, 4.69) is 184 Å². The van der Waals surface area contributed by atoms with E-state index in [9.17, 15) is 0 Å². The number of rotatable bonds is 5. The van der Waals surface area contributed by atoms with Crippen LogP contribution in [0.2, 0.25) is 0 Å². The van der Waals surface area contributed by atoms with E-state index in [1.165, 1.54) is 111 Å². The molecular weight excluding hydrogens is 711 g/mol. The van der Waals surface area contributed by atoms with Gasteiger partial charge in [-0.1, -0.05) is 137 Å². The molecule has 0 aromatic heterocycles. The Morgan fingerprint density at radius 1 is 0.475 bits per heavy atom. The number of hydrogen-bond donors (Lipinski definition) is 0. The molecule has 6 atom stereocenters. The van der Waals surface area contributed by atoms with Gasteiger partial charge in [0.05, 0.1) is 5.69 Å². The van der Waals surface area contributed by atoms with E-state index < -0.39 is 0 Å². The van der Waals surface area contributed by atoms with Crippen LogP contribution >= 0.6 is 0 Å². The summed E-state index contributed by atoms with van der Waals surface area (Å²) in [6.45, 7) is 9.89. The molecule has 59 heavy (non-hydrogen) atoms. The zero-order valence-corrected chi connectivity index (χ0v) is 34.9. The minimum Gasteiger partial charge on any atom is -0.310 e. The fraction of sp³-hybridized carbons (Fsp3) is 0.310. The number of fused-ring (bicyclic) bond motifs is 10. The molecule has 7 aromatic rings. The predicted molar refractivity (Wildman–Crippen MR) is 246 cm³/mol. The zero-order valence-electron chi connectivity index (χ0n) is 34.9. The zero-order chi connectivity index (χ0) is 39.5. The molecule has 1 nitrogen and oxygen atoms in total. The molecule has 4 saturated carbocycles. The molecule has 6 aliphatic rings. The maximum Gasteiger partial charge on any atom is 0.0502 e. The molecule has 6 unspecified atom stereocenters. The second kappa shape index (κ2) is 11.7. The van der Waals surface area contributed by atoms with Crippen LogP contribution in [0.3, 0.4) is 0 Å². The normalized spacial score (nSPS) is 28.0. The standard InChI is InChI=1S/C58H53N/c1-55(2)27-28-56(3,4)54-49(55)17-10-18-51(54)59(44-23-21-38(22-24-44)40-13-9-14-41(31-40)42-20-19-37-11-5-6-12-39(37)32-42)45-25-26-47-46-15-7-8-16-48(46)58(50(47)34-45)52-30-36-29-43-33-53(58)57(43,52)35-36/h5-26,31-32,34,36,43,52-53H,27-30,33,35H2,1-4H3. The minimum absolute atomic E-state index is 0.0570. The maximum atomic E-state index is 2.68. The van der Waals surface area contributed by atoms with Crippen molar-refractivity contribution in [3.8, 4) is 33.4 Å². The molecular formula is C58H53N. The maximum absolute atomic E-state index is 2.68. The SMILES string of the molecule is CC1(C)CCC(C)(C)c2c(N(c3ccc(-c4cccc(-c5ccc6ccccc6c5)c4)cc3)c3ccc4c(c3)C3(c5ccccc5-4)C4CC5CC6CC3C64C5)cccc21. The van der Waals surface area contributed by atoms with E-state index in [1.54, 1.807) is 11.1 Å². The van der Waals surface area contributed by atoms with Gasteiger partial charge >= 0.3 is 0 Å². The highest BCUT2D eigenvalue weighted by Gasteiger charge is 2.84. The number of anilines is 3. The van der Waals surface area contributed by atoms with Crippen molar-refractivity contribution in [2.45, 2.75) is 82.5 Å². The molecule has 0 radical (unpaired) electrons. The molecule has 1 heteroatoms. The van der Waals surface area contributed by atoms with Crippen LogP contribution in [-0.2, 0) is 16.2 Å². The smallest absolute Gasteiger partial charge is 0.0502 e. The van der Waals surface area contributed by atoms with Gasteiger partial charge in [-0.05, 0) is 187 Å². The third-order valence-corrected chi connectivity index (χ3v) is 17.3. The van der Waals surface area contributed by atoms with Crippen LogP contribution in [0, 0.1) is 29.1 Å². The lowest BCUT2D eigenvalue weighted by atomic mass is 9.27. The largest absolute Gasteiger partial charge is 0.310 e. The lowest BCUT2D eigenvalue weighted by Crippen LogP contribution is -2.73. The van der Waals surface area contributed by atoms with Crippen molar-refractivity contribution < 1.29 is 0 Å². The molecule has 13 rings (SSSR count). The molecule has 0 saturated heterocycles. The van der Waals surface area contributed by atoms with Crippen molar-refractivity contribution in [1.82, 2.24) is 0 Å². The number of nitrogens with zero attached hydrogens (tertiary/aromatic N) is 1. The van der Waals surface area contributed by atoms with E-state index in [0.717, 1.165) is 23.7 Å². The van der Waals surface area contributed by atoms with Gasteiger partial charge in [0.1, 0.15) is 0 Å². The van der Waals surface area contributed by atoms with Gasteiger partial charge in [-0.15, -0.1) is 0 Å². The highest BCUT2D eigenvalue weighted by Crippen LogP contribution is 2.89. The first kappa shape index (κ1) is 34.5. The van der Waals surface area contributed by atoms with E-state index in [-0.39, 0.29) is 16.2 Å². The summed E-state index contributed by atoms with van der Waals surface area (Å²) in [5.41, 5.74) is 19.1. The molecule has 0 aliphatic heterocycles. The highest BCUT2D eigenvalue weighted by molar-refractivity contribution is 5.90. The summed E-state index contributed by atoms with van der Waals surface area (Å²) in [4.78, 5) is 2.65. The van der Waals surface area contributed by atoms with Crippen LogP contribution in [0.15, 0.2) is 152 Å². The molecule has 0 N–H and O–H groups in total. The van der Waals surface area contributed by atoms with Crippen molar-refractivity contribution in [2.75, 3.05) is 4.90 Å². The molecule has 2 bridgehead atoms. The number of benzene rings is 7. The first-order valence-corrected chi connectivity index (χ1v) is 22.6. The summed E-state index contributed by atoms with van der Waals surface area (Å²) in [6, 6.07) is 58.4. The van der Waals surface area contributed by atoms with Crippen LogP contribution in [0.1, 0.15) is 88.5 Å². The van der Waals surface area contributed by atoms with Crippen LogP contribution in [-0.4, -0.2) is 0 Å². The Hall–Kier alpha value is -5.40. The Bertz CT molecular complexity index is 2890. The van der Waals surface area contributed by atoms with Gasteiger partial charge in [0.15, 0.2) is 0 Å². The first-order valence-electron chi connectivity index (χ1n) is 22.6. The average molecular weight is 764 g/mol. The third-order valence-electron chi connectivity index (χ3n) is 17.3. The molecule has 0 amide bonds. The second-order valence-electron chi connectivity index (χ2n) is 20.8. The van der Waals surface area contributed by atoms with Gasteiger partial charge in [-0.3, -0.25) is 0 Å². The van der Waals surface area contributed by atoms with E-state index in [0.29, 0.717) is 5.41 Å². The molecule has 7 aromatic carbocycles. The van der Waals surface area contributed by atoms with Crippen LogP contribution in [0.25, 0.3) is 44.2 Å². The molecule has 2 spiro atoms. The van der Waals surface area contributed by atoms with Crippen molar-refractivity contribution >= 4 is 27.8 Å². The Morgan fingerprint density at radius 3 is 1.98 bits per heavy atom.